The molecule has 0 N–H and O–H groups in total. The minimum absolute atomic E-state index is 0.0197. The van der Waals surface area contributed by atoms with Crippen molar-refractivity contribution in [3.8, 4) is 0 Å². The normalized spacial score (nSPS) is 34.3. The van der Waals surface area contributed by atoms with Crippen LogP contribution in [-0.4, -0.2) is 18.5 Å². The topological polar surface area (TPSA) is 18.5 Å². The van der Waals surface area contributed by atoms with Gasteiger partial charge in [0, 0.05) is 0 Å². The second kappa shape index (κ2) is 2.27. The van der Waals surface area contributed by atoms with Gasteiger partial charge in [-0.05, 0) is 27.2 Å². The third kappa shape index (κ3) is 1.95. The fourth-order valence-corrected chi connectivity index (χ4v) is 1.01. The largest absolute Gasteiger partial charge is 0.353 e. The van der Waals surface area contributed by atoms with E-state index in [0.717, 1.165) is 13.0 Å². The van der Waals surface area contributed by atoms with Gasteiger partial charge in [-0.1, -0.05) is 0 Å². The third-order valence-electron chi connectivity index (χ3n) is 1.54. The van der Waals surface area contributed by atoms with Crippen LogP contribution in [0.2, 0.25) is 0 Å². The van der Waals surface area contributed by atoms with Gasteiger partial charge in [0.05, 0.1) is 12.2 Å². The minimum atomic E-state index is -0.0197. The average molecular weight is 130 g/mol. The predicted octanol–water partition coefficient (Wildman–Crippen LogP) is 1.55. The van der Waals surface area contributed by atoms with Crippen LogP contribution in [0.1, 0.15) is 27.2 Å². The molecule has 0 aromatic heterocycles. The third-order valence-corrected chi connectivity index (χ3v) is 1.54. The monoisotopic (exact) mass is 130 g/mol. The Morgan fingerprint density at radius 3 is 2.44 bits per heavy atom. The zero-order chi connectivity index (χ0) is 6.91. The lowest BCUT2D eigenvalue weighted by Crippen LogP contribution is -2.37. The standard InChI is InChI=1S/C7H14O2/c1-6-8-5-4-7(2,3)9-6/h6H,4-5H2,1-3H3/t6-/m0/s1. The first-order valence-corrected chi connectivity index (χ1v) is 3.40. The fourth-order valence-electron chi connectivity index (χ4n) is 1.01. The van der Waals surface area contributed by atoms with Gasteiger partial charge in [0.25, 0.3) is 0 Å². The lowest BCUT2D eigenvalue weighted by Gasteiger charge is -2.34. The Hall–Kier alpha value is -0.0800. The summed E-state index contributed by atoms with van der Waals surface area (Å²) >= 11 is 0. The molecule has 2 heteroatoms. The van der Waals surface area contributed by atoms with Crippen LogP contribution in [0, 0.1) is 0 Å². The molecule has 0 aromatic rings. The highest BCUT2D eigenvalue weighted by Gasteiger charge is 2.26. The smallest absolute Gasteiger partial charge is 0.155 e. The molecule has 0 bridgehead atoms. The summed E-state index contributed by atoms with van der Waals surface area (Å²) in [7, 11) is 0. The fraction of sp³-hybridized carbons (Fsp3) is 1.00. The number of ether oxygens (including phenoxy) is 2. The van der Waals surface area contributed by atoms with Gasteiger partial charge in [0.15, 0.2) is 6.29 Å². The van der Waals surface area contributed by atoms with Crippen molar-refractivity contribution in [2.24, 2.45) is 0 Å². The van der Waals surface area contributed by atoms with E-state index >= 15 is 0 Å². The highest BCUT2D eigenvalue weighted by Crippen LogP contribution is 2.21. The number of hydrogen-bond donors (Lipinski definition) is 0. The number of rotatable bonds is 0. The van der Waals surface area contributed by atoms with Gasteiger partial charge in [-0.15, -0.1) is 0 Å². The maximum absolute atomic E-state index is 5.45. The molecular weight excluding hydrogens is 116 g/mol. The van der Waals surface area contributed by atoms with Gasteiger partial charge >= 0.3 is 0 Å². The van der Waals surface area contributed by atoms with Crippen LogP contribution in [0.5, 0.6) is 0 Å². The molecule has 2 nitrogen and oxygen atoms in total. The molecule has 0 radical (unpaired) electrons. The van der Waals surface area contributed by atoms with Crippen molar-refractivity contribution in [2.45, 2.75) is 39.1 Å². The van der Waals surface area contributed by atoms with Gasteiger partial charge in [-0.25, -0.2) is 0 Å². The summed E-state index contributed by atoms with van der Waals surface area (Å²) < 4.78 is 10.6. The molecule has 0 amide bonds. The van der Waals surface area contributed by atoms with Crippen molar-refractivity contribution in [3.63, 3.8) is 0 Å². The van der Waals surface area contributed by atoms with Crippen LogP contribution >= 0.6 is 0 Å². The average Bonchev–Trinajstić information content (AvgIpc) is 1.60. The Balaban J connectivity index is 2.41. The van der Waals surface area contributed by atoms with Crippen molar-refractivity contribution >= 4 is 0 Å². The molecule has 1 heterocycles. The predicted molar refractivity (Wildman–Crippen MR) is 35.2 cm³/mol. The second-order valence-electron chi connectivity index (χ2n) is 3.07. The van der Waals surface area contributed by atoms with Crippen LogP contribution in [0.4, 0.5) is 0 Å². The Morgan fingerprint density at radius 2 is 2.11 bits per heavy atom. The minimum Gasteiger partial charge on any atom is -0.353 e. The van der Waals surface area contributed by atoms with Crippen molar-refractivity contribution < 1.29 is 9.47 Å². The summed E-state index contributed by atoms with van der Waals surface area (Å²) in [5.74, 6) is 0. The molecule has 9 heavy (non-hydrogen) atoms. The van der Waals surface area contributed by atoms with Gasteiger partial charge in [-0.3, -0.25) is 0 Å². The molecule has 0 aliphatic carbocycles. The molecule has 0 spiro atoms. The van der Waals surface area contributed by atoms with E-state index in [0.29, 0.717) is 0 Å². The van der Waals surface area contributed by atoms with Gasteiger partial charge in [-0.2, -0.15) is 0 Å². The quantitative estimate of drug-likeness (QED) is 0.495. The summed E-state index contributed by atoms with van der Waals surface area (Å²) in [6.45, 7) is 6.94. The summed E-state index contributed by atoms with van der Waals surface area (Å²) in [4.78, 5) is 0. The molecule has 1 fully saturated rings. The summed E-state index contributed by atoms with van der Waals surface area (Å²) in [5.41, 5.74) is 0.0255. The summed E-state index contributed by atoms with van der Waals surface area (Å²) in [5, 5.41) is 0. The molecule has 0 aromatic carbocycles. The van der Waals surface area contributed by atoms with E-state index in [1.54, 1.807) is 0 Å². The molecular formula is C7H14O2. The second-order valence-corrected chi connectivity index (χ2v) is 3.07. The molecule has 0 saturated carbocycles. The Labute approximate surface area is 56.2 Å². The Kier molecular flexibility index (Phi) is 1.78. The molecule has 0 unspecified atom stereocenters. The maximum atomic E-state index is 5.45. The van der Waals surface area contributed by atoms with Crippen LogP contribution in [0.15, 0.2) is 0 Å². The van der Waals surface area contributed by atoms with E-state index in [1.165, 1.54) is 0 Å². The van der Waals surface area contributed by atoms with Crippen LogP contribution in [0.3, 0.4) is 0 Å². The Morgan fingerprint density at radius 1 is 1.44 bits per heavy atom. The molecule has 1 aliphatic rings. The first kappa shape index (κ1) is 7.03. The lowest BCUT2D eigenvalue weighted by molar-refractivity contribution is -0.235. The maximum Gasteiger partial charge on any atom is 0.155 e. The molecule has 1 aliphatic heterocycles. The van der Waals surface area contributed by atoms with E-state index < -0.39 is 0 Å². The van der Waals surface area contributed by atoms with Gasteiger partial charge in [0.2, 0.25) is 0 Å². The first-order valence-electron chi connectivity index (χ1n) is 3.40. The van der Waals surface area contributed by atoms with Gasteiger partial charge in [0.1, 0.15) is 0 Å². The van der Waals surface area contributed by atoms with E-state index in [-0.39, 0.29) is 11.9 Å². The van der Waals surface area contributed by atoms with Crippen molar-refractivity contribution in [1.29, 1.82) is 0 Å². The van der Waals surface area contributed by atoms with Crippen molar-refractivity contribution in [3.05, 3.63) is 0 Å². The zero-order valence-corrected chi connectivity index (χ0v) is 6.31. The highest BCUT2D eigenvalue weighted by molar-refractivity contribution is 4.71. The zero-order valence-electron chi connectivity index (χ0n) is 6.31. The molecule has 54 valence electrons. The number of hydrogen-bond acceptors (Lipinski definition) is 2. The summed E-state index contributed by atoms with van der Waals surface area (Å²) in [6.07, 6.45) is 0.978. The van der Waals surface area contributed by atoms with Crippen molar-refractivity contribution in [2.75, 3.05) is 6.61 Å². The molecule has 1 saturated heterocycles. The first-order chi connectivity index (χ1) is 4.10. The van der Waals surface area contributed by atoms with E-state index in [4.69, 9.17) is 9.47 Å². The summed E-state index contributed by atoms with van der Waals surface area (Å²) in [6, 6.07) is 0. The highest BCUT2D eigenvalue weighted by atomic mass is 16.7. The lowest BCUT2D eigenvalue weighted by atomic mass is 10.1. The van der Waals surface area contributed by atoms with E-state index in [9.17, 15) is 0 Å². The van der Waals surface area contributed by atoms with Crippen LogP contribution in [0.25, 0.3) is 0 Å². The molecule has 1 rings (SSSR count). The van der Waals surface area contributed by atoms with Crippen LogP contribution in [-0.2, 0) is 9.47 Å². The van der Waals surface area contributed by atoms with Crippen molar-refractivity contribution in [1.82, 2.24) is 0 Å². The van der Waals surface area contributed by atoms with Crippen LogP contribution < -0.4 is 0 Å². The molecule has 1 atom stereocenters. The van der Waals surface area contributed by atoms with E-state index in [1.807, 2.05) is 6.92 Å². The van der Waals surface area contributed by atoms with Gasteiger partial charge < -0.3 is 9.47 Å². The SMILES string of the molecule is C[C@H]1OCCC(C)(C)O1. The Bertz CT molecular complexity index is 99.1. The van der Waals surface area contributed by atoms with E-state index in [2.05, 4.69) is 13.8 Å².